The molecular formula is C26H43NO11. The lowest BCUT2D eigenvalue weighted by Gasteiger charge is -2.34. The first-order chi connectivity index (χ1) is 17.9. The van der Waals surface area contributed by atoms with Gasteiger partial charge < -0.3 is 29.0 Å². The van der Waals surface area contributed by atoms with Gasteiger partial charge in [0.1, 0.15) is 6.61 Å². The van der Waals surface area contributed by atoms with Crippen LogP contribution >= 0.6 is 0 Å². The molecule has 0 aromatic heterocycles. The smallest absolute Gasteiger partial charge is 0.303 e. The molecule has 4 atom stereocenters. The van der Waals surface area contributed by atoms with Crippen molar-refractivity contribution in [3.05, 3.63) is 0 Å². The summed E-state index contributed by atoms with van der Waals surface area (Å²) in [6, 6.07) is 0. The average Bonchev–Trinajstić information content (AvgIpc) is 2.80. The Hall–Kier alpha value is -3.18. The summed E-state index contributed by atoms with van der Waals surface area (Å²) in [7, 11) is 0. The molecule has 0 bridgehead atoms. The van der Waals surface area contributed by atoms with Gasteiger partial charge in [0.25, 0.3) is 5.91 Å². The lowest BCUT2D eigenvalue weighted by atomic mass is 10.0. The average molecular weight is 546 g/mol. The fraction of sp³-hybridized carbons (Fsp3) is 0.769. The van der Waals surface area contributed by atoms with E-state index in [0.717, 1.165) is 60.3 Å². The third-order valence-electron chi connectivity index (χ3n) is 5.24. The maximum absolute atomic E-state index is 13.1. The summed E-state index contributed by atoms with van der Waals surface area (Å²) in [5, 5.41) is 2.65. The molecule has 38 heavy (non-hydrogen) atoms. The first-order valence-corrected chi connectivity index (χ1v) is 13.0. The Morgan fingerprint density at radius 2 is 1.05 bits per heavy atom. The molecule has 1 amide bonds. The van der Waals surface area contributed by atoms with E-state index in [1.54, 1.807) is 0 Å². The zero-order valence-electron chi connectivity index (χ0n) is 23.4. The van der Waals surface area contributed by atoms with Crippen molar-refractivity contribution in [1.82, 2.24) is 5.32 Å². The summed E-state index contributed by atoms with van der Waals surface area (Å²) in [5.74, 6) is -5.01. The largest absolute Gasteiger partial charge is 0.462 e. The maximum Gasteiger partial charge on any atom is 0.303 e. The van der Waals surface area contributed by atoms with E-state index in [1.807, 2.05) is 0 Å². The predicted octanol–water partition coefficient (Wildman–Crippen LogP) is 2.53. The minimum Gasteiger partial charge on any atom is -0.462 e. The molecule has 0 aliphatic heterocycles. The van der Waals surface area contributed by atoms with Gasteiger partial charge in [0.2, 0.25) is 6.10 Å². The molecule has 0 aromatic carbocycles. The van der Waals surface area contributed by atoms with Crippen molar-refractivity contribution in [2.24, 2.45) is 0 Å². The zero-order valence-corrected chi connectivity index (χ0v) is 23.4. The van der Waals surface area contributed by atoms with Crippen LogP contribution in [0.4, 0.5) is 0 Å². The molecule has 0 heterocycles. The van der Waals surface area contributed by atoms with E-state index in [4.69, 9.17) is 23.7 Å². The van der Waals surface area contributed by atoms with Crippen LogP contribution in [0.25, 0.3) is 0 Å². The number of amides is 1. The number of ether oxygens (including phenoxy) is 5. The molecular weight excluding hydrogens is 502 g/mol. The van der Waals surface area contributed by atoms with Gasteiger partial charge in [-0.05, 0) is 6.42 Å². The molecule has 0 radical (unpaired) electrons. The Bertz CT molecular complexity index is 783. The van der Waals surface area contributed by atoms with E-state index in [1.165, 1.54) is 19.3 Å². The highest BCUT2D eigenvalue weighted by molar-refractivity contribution is 5.84. The lowest BCUT2D eigenvalue weighted by molar-refractivity contribution is -0.203. The number of unbranched alkanes of at least 4 members (excludes halogenated alkanes) is 7. The van der Waals surface area contributed by atoms with Gasteiger partial charge in [-0.25, -0.2) is 0 Å². The van der Waals surface area contributed by atoms with E-state index < -0.39 is 66.8 Å². The SMILES string of the molecule is CCCCCCCCCCNC(=O)[C@@H](OC(C)=O)[C@@H](OC(C)=O)[C@H](OC(C)=O)[C@@H](COC(C)=O)OC(C)=O. The van der Waals surface area contributed by atoms with Crippen molar-refractivity contribution in [3.63, 3.8) is 0 Å². The summed E-state index contributed by atoms with van der Waals surface area (Å²) in [6.07, 6.45) is 1.78. The topological polar surface area (TPSA) is 161 Å². The Morgan fingerprint density at radius 1 is 0.579 bits per heavy atom. The van der Waals surface area contributed by atoms with Gasteiger partial charge in [-0.1, -0.05) is 51.9 Å². The fourth-order valence-corrected chi connectivity index (χ4v) is 3.67. The molecule has 0 unspecified atom stereocenters. The first-order valence-electron chi connectivity index (χ1n) is 13.0. The number of esters is 5. The molecule has 0 aromatic rings. The van der Waals surface area contributed by atoms with Gasteiger partial charge in [-0.15, -0.1) is 0 Å². The van der Waals surface area contributed by atoms with Crippen LogP contribution in [0, 0.1) is 0 Å². The predicted molar refractivity (Wildman–Crippen MR) is 134 cm³/mol. The molecule has 0 fully saturated rings. The van der Waals surface area contributed by atoms with E-state index in [-0.39, 0.29) is 6.54 Å². The molecule has 12 nitrogen and oxygen atoms in total. The monoisotopic (exact) mass is 545 g/mol. The number of carbonyl (C=O) groups excluding carboxylic acids is 6. The van der Waals surface area contributed by atoms with Gasteiger partial charge in [0.05, 0.1) is 0 Å². The van der Waals surface area contributed by atoms with Crippen LogP contribution in [0.2, 0.25) is 0 Å². The van der Waals surface area contributed by atoms with E-state index >= 15 is 0 Å². The van der Waals surface area contributed by atoms with Crippen LogP contribution in [-0.4, -0.2) is 73.3 Å². The van der Waals surface area contributed by atoms with Gasteiger partial charge >= 0.3 is 29.8 Å². The quantitative estimate of drug-likeness (QED) is 0.144. The Morgan fingerprint density at radius 3 is 1.53 bits per heavy atom. The third kappa shape index (κ3) is 16.5. The Balaban J connectivity index is 5.77. The van der Waals surface area contributed by atoms with Crippen LogP contribution < -0.4 is 5.32 Å². The number of nitrogens with one attached hydrogen (secondary N) is 1. The van der Waals surface area contributed by atoms with Gasteiger partial charge in [0, 0.05) is 41.2 Å². The van der Waals surface area contributed by atoms with Crippen molar-refractivity contribution in [3.8, 4) is 0 Å². The second-order valence-corrected chi connectivity index (χ2v) is 8.89. The number of rotatable bonds is 19. The van der Waals surface area contributed by atoms with Crippen LogP contribution in [0.15, 0.2) is 0 Å². The molecule has 0 aliphatic rings. The minimum atomic E-state index is -1.76. The summed E-state index contributed by atoms with van der Waals surface area (Å²) in [6.45, 7) is 7.12. The Labute approximate surface area is 224 Å². The van der Waals surface area contributed by atoms with Crippen LogP contribution in [0.3, 0.4) is 0 Å². The summed E-state index contributed by atoms with van der Waals surface area (Å²) < 4.78 is 25.8. The van der Waals surface area contributed by atoms with Crippen molar-refractivity contribution in [2.75, 3.05) is 13.2 Å². The molecule has 0 saturated heterocycles. The Kier molecular flexibility index (Phi) is 18.2. The van der Waals surface area contributed by atoms with Crippen LogP contribution in [0.1, 0.15) is 92.9 Å². The zero-order chi connectivity index (χ0) is 29.1. The molecule has 0 rings (SSSR count). The summed E-state index contributed by atoms with van der Waals surface area (Å²) in [4.78, 5) is 72.0. The summed E-state index contributed by atoms with van der Waals surface area (Å²) >= 11 is 0. The third-order valence-corrected chi connectivity index (χ3v) is 5.24. The van der Waals surface area contributed by atoms with Crippen molar-refractivity contribution in [2.45, 2.75) is 117 Å². The second-order valence-electron chi connectivity index (χ2n) is 8.89. The maximum atomic E-state index is 13.1. The number of hydrogen-bond acceptors (Lipinski definition) is 11. The van der Waals surface area contributed by atoms with E-state index in [0.29, 0.717) is 6.42 Å². The number of carbonyl (C=O) groups is 6. The van der Waals surface area contributed by atoms with Gasteiger partial charge in [-0.2, -0.15) is 0 Å². The highest BCUT2D eigenvalue weighted by atomic mass is 16.6. The molecule has 12 heteroatoms. The molecule has 0 spiro atoms. The van der Waals surface area contributed by atoms with Crippen LogP contribution in [-0.2, 0) is 52.5 Å². The van der Waals surface area contributed by atoms with Crippen molar-refractivity contribution < 1.29 is 52.5 Å². The fourth-order valence-electron chi connectivity index (χ4n) is 3.67. The lowest BCUT2D eigenvalue weighted by Crippen LogP contribution is -2.57. The first kappa shape index (κ1) is 34.8. The minimum absolute atomic E-state index is 0.261. The second kappa shape index (κ2) is 19.9. The normalized spacial score (nSPS) is 13.7. The van der Waals surface area contributed by atoms with Gasteiger partial charge in [-0.3, -0.25) is 28.8 Å². The van der Waals surface area contributed by atoms with Crippen molar-refractivity contribution in [1.29, 1.82) is 0 Å². The van der Waals surface area contributed by atoms with Crippen molar-refractivity contribution >= 4 is 35.8 Å². The molecule has 0 saturated carbocycles. The van der Waals surface area contributed by atoms with Gasteiger partial charge in [0.15, 0.2) is 18.3 Å². The van der Waals surface area contributed by atoms with Crippen LogP contribution in [0.5, 0.6) is 0 Å². The molecule has 218 valence electrons. The molecule has 1 N–H and O–H groups in total. The molecule has 0 aliphatic carbocycles. The highest BCUT2D eigenvalue weighted by Crippen LogP contribution is 2.20. The van der Waals surface area contributed by atoms with E-state index in [9.17, 15) is 28.8 Å². The standard InChI is InChI=1S/C26H43NO11/c1-7-8-9-10-11-12-13-14-15-27-26(33)25(38-21(6)32)24(37-20(5)31)23(36-19(4)30)22(35-18(3)29)16-34-17(2)28/h22-25H,7-16H2,1-6H3,(H,27,33)/t22-,23-,24+,25+/m1/s1. The summed E-state index contributed by atoms with van der Waals surface area (Å²) in [5.41, 5.74) is 0. The number of hydrogen-bond donors (Lipinski definition) is 1. The highest BCUT2D eigenvalue weighted by Gasteiger charge is 2.46. The van der Waals surface area contributed by atoms with E-state index in [2.05, 4.69) is 12.2 Å².